The molecular formula is C24H28N3O8P. The molecule has 2 aromatic rings. The number of esters is 1. The molecule has 192 valence electrons. The second-order valence-corrected chi connectivity index (χ2v) is 10.1. The van der Waals surface area contributed by atoms with Gasteiger partial charge in [0.25, 0.3) is 5.56 Å². The fourth-order valence-corrected chi connectivity index (χ4v) is 4.70. The molecule has 0 fully saturated rings. The first kappa shape index (κ1) is 27.2. The van der Waals surface area contributed by atoms with Gasteiger partial charge in [-0.1, -0.05) is 24.1 Å². The molecule has 3 rings (SSSR count). The third-order valence-electron chi connectivity index (χ3n) is 5.00. The SMILES string of the molecule is C#C[C@@]1(CO[P@](=O)(N[C@@H](C)C(=O)OC(C)C)Oc2ccccc2)C=C[C@H](n2cc(C)c(=O)[nH]c2=O)O1. The highest BCUT2D eigenvalue weighted by Gasteiger charge is 2.40. The maximum atomic E-state index is 13.7. The third-order valence-corrected chi connectivity index (χ3v) is 6.62. The highest BCUT2D eigenvalue weighted by molar-refractivity contribution is 7.52. The highest BCUT2D eigenvalue weighted by Crippen LogP contribution is 2.46. The van der Waals surface area contributed by atoms with Crippen LogP contribution in [0.2, 0.25) is 0 Å². The Morgan fingerprint density at radius 1 is 1.31 bits per heavy atom. The van der Waals surface area contributed by atoms with E-state index in [0.29, 0.717) is 5.56 Å². The predicted molar refractivity (Wildman–Crippen MR) is 131 cm³/mol. The number of terminal acetylenes is 1. The van der Waals surface area contributed by atoms with Gasteiger partial charge in [0.15, 0.2) is 11.8 Å². The number of para-hydroxylation sites is 1. The molecule has 1 aliphatic heterocycles. The van der Waals surface area contributed by atoms with Crippen molar-refractivity contribution in [1.29, 1.82) is 0 Å². The number of hydrogen-bond donors (Lipinski definition) is 2. The summed E-state index contributed by atoms with van der Waals surface area (Å²) in [6, 6.07) is 7.20. The first-order valence-corrected chi connectivity index (χ1v) is 12.6. The smallest absolute Gasteiger partial charge is 0.459 e. The molecule has 0 radical (unpaired) electrons. The molecule has 0 saturated carbocycles. The van der Waals surface area contributed by atoms with Crippen LogP contribution in [0.4, 0.5) is 0 Å². The molecular weight excluding hydrogens is 489 g/mol. The molecule has 0 amide bonds. The molecule has 4 atom stereocenters. The Morgan fingerprint density at radius 2 is 2.00 bits per heavy atom. The van der Waals surface area contributed by atoms with E-state index in [2.05, 4.69) is 16.0 Å². The van der Waals surface area contributed by atoms with E-state index >= 15 is 0 Å². The fraction of sp³-hybridized carbons (Fsp3) is 0.375. The van der Waals surface area contributed by atoms with E-state index in [1.165, 1.54) is 25.3 Å². The summed E-state index contributed by atoms with van der Waals surface area (Å²) in [7, 11) is -4.19. The van der Waals surface area contributed by atoms with Crippen LogP contribution < -0.4 is 20.9 Å². The van der Waals surface area contributed by atoms with Crippen LogP contribution in [-0.4, -0.2) is 39.9 Å². The molecule has 0 aliphatic carbocycles. The topological polar surface area (TPSA) is 138 Å². The molecule has 36 heavy (non-hydrogen) atoms. The van der Waals surface area contributed by atoms with E-state index in [-0.39, 0.29) is 11.9 Å². The van der Waals surface area contributed by atoms with Crippen LogP contribution in [0.25, 0.3) is 0 Å². The molecule has 0 spiro atoms. The summed E-state index contributed by atoms with van der Waals surface area (Å²) in [6.07, 6.45) is 8.72. The van der Waals surface area contributed by atoms with E-state index in [4.69, 9.17) is 24.9 Å². The van der Waals surface area contributed by atoms with Gasteiger partial charge in [0.1, 0.15) is 18.4 Å². The Bertz CT molecular complexity index is 1330. The number of rotatable bonds is 10. The molecule has 11 nitrogen and oxygen atoms in total. The van der Waals surface area contributed by atoms with Crippen LogP contribution in [0, 0.1) is 19.3 Å². The average molecular weight is 517 g/mol. The molecule has 1 aromatic heterocycles. The van der Waals surface area contributed by atoms with E-state index in [9.17, 15) is 18.9 Å². The Balaban J connectivity index is 1.80. The largest absolute Gasteiger partial charge is 0.462 e. The number of aromatic nitrogens is 2. The van der Waals surface area contributed by atoms with E-state index in [1.54, 1.807) is 51.1 Å². The Labute approximate surface area is 208 Å². The monoisotopic (exact) mass is 517 g/mol. The lowest BCUT2D eigenvalue weighted by atomic mass is 10.1. The summed E-state index contributed by atoms with van der Waals surface area (Å²) < 4.78 is 37.1. The quantitative estimate of drug-likeness (QED) is 0.211. The number of aryl methyl sites for hydroxylation is 1. The zero-order chi connectivity index (χ0) is 26.5. The van der Waals surface area contributed by atoms with Crippen LogP contribution >= 0.6 is 7.75 Å². The van der Waals surface area contributed by atoms with Crippen molar-refractivity contribution < 1.29 is 27.9 Å². The number of nitrogens with zero attached hydrogens (tertiary/aromatic N) is 1. The lowest BCUT2D eigenvalue weighted by Gasteiger charge is -2.28. The van der Waals surface area contributed by atoms with Crippen molar-refractivity contribution in [2.24, 2.45) is 0 Å². The number of ether oxygens (including phenoxy) is 2. The van der Waals surface area contributed by atoms with Crippen molar-refractivity contribution in [2.75, 3.05) is 6.61 Å². The van der Waals surface area contributed by atoms with Gasteiger partial charge in [0, 0.05) is 11.8 Å². The molecule has 1 aromatic carbocycles. The van der Waals surface area contributed by atoms with Crippen molar-refractivity contribution in [1.82, 2.24) is 14.6 Å². The summed E-state index contributed by atoms with van der Waals surface area (Å²) in [5.41, 5.74) is -2.42. The molecule has 12 heteroatoms. The van der Waals surface area contributed by atoms with Gasteiger partial charge in [-0.2, -0.15) is 5.09 Å². The van der Waals surface area contributed by atoms with Gasteiger partial charge in [0.05, 0.1) is 6.10 Å². The van der Waals surface area contributed by atoms with E-state index in [1.807, 2.05) is 0 Å². The van der Waals surface area contributed by atoms with Crippen molar-refractivity contribution in [2.45, 2.75) is 51.7 Å². The van der Waals surface area contributed by atoms with Gasteiger partial charge < -0.3 is 14.0 Å². The standard InChI is InChI=1S/C24H28N3O8P/c1-6-24(13-12-20(34-24)27-14-17(4)21(28)25-23(27)30)15-32-36(31,35-19-10-8-7-9-11-19)26-18(5)22(29)33-16(2)3/h1,7-14,16,18,20H,15H2,2-5H3,(H,26,31)(H,25,28,30)/t18-,20+,24-,36+/m0/s1. The van der Waals surface area contributed by atoms with Gasteiger partial charge in [-0.15, -0.1) is 6.42 Å². The number of nitrogens with one attached hydrogen (secondary N) is 2. The van der Waals surface area contributed by atoms with Crippen molar-refractivity contribution in [3.8, 4) is 18.1 Å². The van der Waals surface area contributed by atoms with Crippen molar-refractivity contribution >= 4 is 13.7 Å². The Hall–Kier alpha value is -3.42. The van der Waals surface area contributed by atoms with Crippen molar-refractivity contribution in [3.05, 3.63) is 75.1 Å². The average Bonchev–Trinajstić information content (AvgIpc) is 3.25. The number of carbonyl (C=O) groups is 1. The zero-order valence-corrected chi connectivity index (χ0v) is 21.2. The summed E-state index contributed by atoms with van der Waals surface area (Å²) in [5, 5.41) is 2.57. The molecule has 2 N–H and O–H groups in total. The Kier molecular flexibility index (Phi) is 8.38. The molecule has 0 saturated heterocycles. The summed E-state index contributed by atoms with van der Waals surface area (Å²) in [6.45, 7) is 5.93. The van der Waals surface area contributed by atoms with Crippen LogP contribution in [-0.2, 0) is 23.4 Å². The maximum Gasteiger partial charge on any atom is 0.459 e. The number of benzene rings is 1. The van der Waals surface area contributed by atoms with Crippen LogP contribution in [0.15, 0.2) is 58.3 Å². The van der Waals surface area contributed by atoms with Crippen LogP contribution in [0.5, 0.6) is 5.75 Å². The zero-order valence-electron chi connectivity index (χ0n) is 20.3. The minimum atomic E-state index is -4.19. The minimum Gasteiger partial charge on any atom is -0.462 e. The normalized spacial score (nSPS) is 21.5. The molecule has 0 unspecified atom stereocenters. The molecule has 2 heterocycles. The van der Waals surface area contributed by atoms with Gasteiger partial charge >= 0.3 is 19.4 Å². The van der Waals surface area contributed by atoms with E-state index < -0.39 is 49.4 Å². The fourth-order valence-electron chi connectivity index (χ4n) is 3.18. The van der Waals surface area contributed by atoms with Crippen molar-refractivity contribution in [3.63, 3.8) is 0 Å². The van der Waals surface area contributed by atoms with E-state index in [0.717, 1.165) is 4.57 Å². The summed E-state index contributed by atoms with van der Waals surface area (Å²) >= 11 is 0. The van der Waals surface area contributed by atoms with Crippen LogP contribution in [0.3, 0.4) is 0 Å². The van der Waals surface area contributed by atoms with Gasteiger partial charge in [-0.25, -0.2) is 9.36 Å². The number of H-pyrrole nitrogens is 1. The first-order chi connectivity index (χ1) is 17.0. The summed E-state index contributed by atoms with van der Waals surface area (Å²) in [4.78, 5) is 38.4. The Morgan fingerprint density at radius 3 is 2.64 bits per heavy atom. The maximum absolute atomic E-state index is 13.7. The first-order valence-electron chi connectivity index (χ1n) is 11.1. The number of aromatic amines is 1. The second-order valence-electron chi connectivity index (χ2n) is 8.39. The second kappa shape index (κ2) is 11.1. The van der Waals surface area contributed by atoms with Gasteiger partial charge in [-0.05, 0) is 52.0 Å². The lowest BCUT2D eigenvalue weighted by molar-refractivity contribution is -0.149. The number of hydrogen-bond acceptors (Lipinski definition) is 8. The summed E-state index contributed by atoms with van der Waals surface area (Å²) in [5.74, 6) is 2.02. The lowest BCUT2D eigenvalue weighted by Crippen LogP contribution is -2.39. The van der Waals surface area contributed by atoms with Gasteiger partial charge in [-0.3, -0.25) is 23.7 Å². The number of carbonyl (C=O) groups excluding carboxylic acids is 1. The third kappa shape index (κ3) is 6.62. The minimum absolute atomic E-state index is 0.226. The molecule has 0 bridgehead atoms. The predicted octanol–water partition coefficient (Wildman–Crippen LogP) is 2.44. The van der Waals surface area contributed by atoms with Gasteiger partial charge in [0.2, 0.25) is 0 Å². The highest BCUT2D eigenvalue weighted by atomic mass is 31.2. The van der Waals surface area contributed by atoms with Crippen LogP contribution in [0.1, 0.15) is 32.6 Å². The molecule has 1 aliphatic rings.